The van der Waals surface area contributed by atoms with Gasteiger partial charge in [0.05, 0.1) is 18.2 Å². The maximum Gasteiger partial charge on any atom is 0.310 e. The molecule has 7 heteroatoms. The number of benzene rings is 2. The Morgan fingerprint density at radius 1 is 1.25 bits per heavy atom. The molecule has 1 atom stereocenters. The largest absolute Gasteiger partial charge is 0.488 e. The molecule has 1 aromatic heterocycles. The lowest BCUT2D eigenvalue weighted by Gasteiger charge is -2.15. The Labute approximate surface area is 201 Å². The maximum atomic E-state index is 12.1. The van der Waals surface area contributed by atoms with E-state index in [1.807, 2.05) is 19.1 Å². The number of aryl methyl sites for hydroxylation is 2. The summed E-state index contributed by atoms with van der Waals surface area (Å²) in [7, 11) is 0. The van der Waals surface area contributed by atoms with Crippen LogP contribution in [0.5, 0.6) is 5.75 Å². The van der Waals surface area contributed by atoms with Crippen LogP contribution >= 0.6 is 27.3 Å². The van der Waals surface area contributed by atoms with Gasteiger partial charge in [0.25, 0.3) is 0 Å². The quantitative estimate of drug-likeness (QED) is 0.353. The van der Waals surface area contributed by atoms with Crippen LogP contribution in [-0.4, -0.2) is 30.6 Å². The topological polar surface area (TPSA) is 51.7 Å². The van der Waals surface area contributed by atoms with E-state index in [0.29, 0.717) is 19.8 Å². The molecule has 32 heavy (non-hydrogen) atoms. The van der Waals surface area contributed by atoms with Crippen molar-refractivity contribution in [1.82, 2.24) is 4.98 Å². The third-order valence-corrected chi connectivity index (χ3v) is 7.06. The molecule has 1 unspecified atom stereocenters. The van der Waals surface area contributed by atoms with Gasteiger partial charge >= 0.3 is 5.97 Å². The second-order valence-electron chi connectivity index (χ2n) is 8.06. The van der Waals surface area contributed by atoms with E-state index in [1.54, 1.807) is 11.3 Å². The molecule has 2 aromatic carbocycles. The molecule has 0 bridgehead atoms. The highest BCUT2D eigenvalue weighted by Gasteiger charge is 2.31. The summed E-state index contributed by atoms with van der Waals surface area (Å²) in [6.45, 7) is 8.40. The molecule has 0 amide bonds. The number of hydrogen-bond donors (Lipinski definition) is 0. The number of esters is 1. The van der Waals surface area contributed by atoms with Gasteiger partial charge in [-0.25, -0.2) is 4.98 Å². The van der Waals surface area contributed by atoms with E-state index < -0.39 is 0 Å². The van der Waals surface area contributed by atoms with Gasteiger partial charge in [-0.2, -0.15) is 0 Å². The molecule has 168 valence electrons. The lowest BCUT2D eigenvalue weighted by Crippen LogP contribution is -2.24. The Morgan fingerprint density at radius 3 is 2.88 bits per heavy atom. The van der Waals surface area contributed by atoms with Crippen LogP contribution in [0.25, 0.3) is 11.3 Å². The van der Waals surface area contributed by atoms with Gasteiger partial charge in [0.15, 0.2) is 5.13 Å². The summed E-state index contributed by atoms with van der Waals surface area (Å²) in [5.74, 6) is 0.638. The zero-order valence-electron chi connectivity index (χ0n) is 18.6. The van der Waals surface area contributed by atoms with Crippen LogP contribution in [0.2, 0.25) is 0 Å². The summed E-state index contributed by atoms with van der Waals surface area (Å²) in [5.41, 5.74) is 5.39. The van der Waals surface area contributed by atoms with E-state index in [9.17, 15) is 4.79 Å². The summed E-state index contributed by atoms with van der Waals surface area (Å²) in [6, 6.07) is 12.4. The molecule has 1 saturated heterocycles. The second-order valence-corrected chi connectivity index (χ2v) is 9.81. The molecule has 4 rings (SSSR count). The Morgan fingerprint density at radius 2 is 2.09 bits per heavy atom. The van der Waals surface area contributed by atoms with Crippen molar-refractivity contribution in [2.75, 3.05) is 24.6 Å². The van der Waals surface area contributed by atoms with Crippen molar-refractivity contribution in [3.63, 3.8) is 0 Å². The Hall–Kier alpha value is -2.38. The predicted molar refractivity (Wildman–Crippen MR) is 132 cm³/mol. The van der Waals surface area contributed by atoms with Crippen LogP contribution in [0.4, 0.5) is 5.13 Å². The number of anilines is 1. The molecule has 0 saturated carbocycles. The number of aromatic nitrogens is 1. The van der Waals surface area contributed by atoms with Crippen molar-refractivity contribution >= 4 is 38.4 Å². The molecule has 5 nitrogen and oxygen atoms in total. The van der Waals surface area contributed by atoms with E-state index >= 15 is 0 Å². The van der Waals surface area contributed by atoms with E-state index in [1.165, 1.54) is 5.56 Å². The Balaban J connectivity index is 1.51. The molecule has 0 aliphatic carbocycles. The molecule has 3 aromatic rings. The Bertz CT molecular complexity index is 1110. The number of ether oxygens (including phenoxy) is 2. The van der Waals surface area contributed by atoms with Gasteiger partial charge in [0, 0.05) is 28.5 Å². The molecule has 0 radical (unpaired) electrons. The number of nitrogens with zero attached hydrogens (tertiary/aromatic N) is 2. The fraction of sp³-hybridized carbons (Fsp3) is 0.360. The normalized spacial score (nSPS) is 15.8. The van der Waals surface area contributed by atoms with Gasteiger partial charge in [-0.15, -0.1) is 11.3 Å². The highest BCUT2D eigenvalue weighted by Crippen LogP contribution is 2.36. The van der Waals surface area contributed by atoms with Gasteiger partial charge in [-0.05, 0) is 62.6 Å². The zero-order valence-corrected chi connectivity index (χ0v) is 21.0. The minimum atomic E-state index is -0.107. The molecular weight excluding hydrogens is 488 g/mol. The molecule has 2 heterocycles. The Kier molecular flexibility index (Phi) is 7.16. The van der Waals surface area contributed by atoms with Crippen molar-refractivity contribution in [2.45, 2.75) is 33.8 Å². The number of hydrogen-bond acceptors (Lipinski definition) is 6. The van der Waals surface area contributed by atoms with Gasteiger partial charge in [-0.1, -0.05) is 33.6 Å². The predicted octanol–water partition coefficient (Wildman–Crippen LogP) is 6.16. The van der Waals surface area contributed by atoms with Crippen molar-refractivity contribution in [2.24, 2.45) is 5.92 Å². The molecular formula is C25H27BrN2O3S. The standard InChI is InChI=1S/C25H27BrN2O3S/c1-4-30-24(29)18-9-10-28(13-18)25-27-22(15-32-25)21-11-16(2)5-8-23(21)31-14-19-6-7-20(26)12-17(19)3/h5-8,11-12,15,18H,4,9-10,13-14H2,1-3H3. The monoisotopic (exact) mass is 514 g/mol. The molecule has 0 spiro atoms. The average molecular weight is 515 g/mol. The zero-order chi connectivity index (χ0) is 22.7. The smallest absolute Gasteiger partial charge is 0.310 e. The molecule has 1 aliphatic rings. The van der Waals surface area contributed by atoms with Crippen LogP contribution in [0.15, 0.2) is 46.3 Å². The van der Waals surface area contributed by atoms with Crippen LogP contribution in [-0.2, 0) is 16.1 Å². The lowest BCUT2D eigenvalue weighted by molar-refractivity contribution is -0.147. The van der Waals surface area contributed by atoms with Crippen molar-refractivity contribution in [1.29, 1.82) is 0 Å². The molecule has 1 fully saturated rings. The number of rotatable bonds is 7. The number of halogens is 1. The van der Waals surface area contributed by atoms with Crippen LogP contribution in [0, 0.1) is 19.8 Å². The second kappa shape index (κ2) is 10.0. The lowest BCUT2D eigenvalue weighted by atomic mass is 10.1. The molecule has 0 N–H and O–H groups in total. The van der Waals surface area contributed by atoms with Gasteiger partial charge in [0.2, 0.25) is 0 Å². The van der Waals surface area contributed by atoms with Crippen molar-refractivity contribution in [3.05, 3.63) is 62.9 Å². The SMILES string of the molecule is CCOC(=O)C1CCN(c2nc(-c3cc(C)ccc3OCc3ccc(Br)cc3C)cs2)C1. The highest BCUT2D eigenvalue weighted by atomic mass is 79.9. The third kappa shape index (κ3) is 5.15. The van der Waals surface area contributed by atoms with E-state index in [0.717, 1.165) is 50.7 Å². The van der Waals surface area contributed by atoms with Crippen LogP contribution < -0.4 is 9.64 Å². The fourth-order valence-electron chi connectivity index (χ4n) is 3.87. The minimum Gasteiger partial charge on any atom is -0.488 e. The number of carbonyl (C=O) groups is 1. The first-order chi connectivity index (χ1) is 15.4. The summed E-state index contributed by atoms with van der Waals surface area (Å²) < 4.78 is 12.5. The summed E-state index contributed by atoms with van der Waals surface area (Å²) >= 11 is 5.12. The number of thiazole rings is 1. The van der Waals surface area contributed by atoms with E-state index in [2.05, 4.69) is 64.3 Å². The van der Waals surface area contributed by atoms with Crippen molar-refractivity contribution < 1.29 is 14.3 Å². The van der Waals surface area contributed by atoms with Crippen molar-refractivity contribution in [3.8, 4) is 17.0 Å². The highest BCUT2D eigenvalue weighted by molar-refractivity contribution is 9.10. The fourth-order valence-corrected chi connectivity index (χ4v) is 5.20. The first-order valence-corrected chi connectivity index (χ1v) is 12.5. The van der Waals surface area contributed by atoms with E-state index in [-0.39, 0.29) is 11.9 Å². The van der Waals surface area contributed by atoms with Gasteiger partial charge in [0.1, 0.15) is 12.4 Å². The third-order valence-electron chi connectivity index (χ3n) is 5.67. The summed E-state index contributed by atoms with van der Waals surface area (Å²) in [6.07, 6.45) is 0.805. The first kappa shape index (κ1) is 22.8. The average Bonchev–Trinajstić information content (AvgIpc) is 3.44. The van der Waals surface area contributed by atoms with Crippen LogP contribution in [0.3, 0.4) is 0 Å². The molecule has 1 aliphatic heterocycles. The van der Waals surface area contributed by atoms with Gasteiger partial charge in [-0.3, -0.25) is 4.79 Å². The summed E-state index contributed by atoms with van der Waals surface area (Å²) in [4.78, 5) is 19.1. The summed E-state index contributed by atoms with van der Waals surface area (Å²) in [5, 5.41) is 3.00. The van der Waals surface area contributed by atoms with E-state index in [4.69, 9.17) is 14.5 Å². The number of carbonyl (C=O) groups excluding carboxylic acids is 1. The van der Waals surface area contributed by atoms with Crippen LogP contribution in [0.1, 0.15) is 30.0 Å². The maximum absolute atomic E-state index is 12.1. The van der Waals surface area contributed by atoms with Gasteiger partial charge < -0.3 is 14.4 Å². The minimum absolute atomic E-state index is 0.0747. The first-order valence-electron chi connectivity index (χ1n) is 10.8.